The third-order valence-corrected chi connectivity index (χ3v) is 4.40. The van der Waals surface area contributed by atoms with Gasteiger partial charge in [0.25, 0.3) is 0 Å². The number of hydrogen-bond donors (Lipinski definition) is 0. The van der Waals surface area contributed by atoms with Crippen molar-refractivity contribution in [2.24, 2.45) is 0 Å². The van der Waals surface area contributed by atoms with E-state index in [2.05, 4.69) is 6.07 Å². The highest BCUT2D eigenvalue weighted by molar-refractivity contribution is 7.98. The smallest absolute Gasteiger partial charge is 0.148 e. The molecule has 0 atom stereocenters. The molecule has 0 amide bonds. The Balaban J connectivity index is 2.05. The van der Waals surface area contributed by atoms with Gasteiger partial charge in [-0.25, -0.2) is 0 Å². The monoisotopic (exact) mass is 334 g/mol. The molecule has 1 aromatic heterocycles. The standard InChI is InChI=1S/C17H12Cl2OS/c1-21-16-10-15(11-2-6-13(18)7-3-11)20-17(16)12-4-8-14(19)9-5-12/h2-10H,1H3. The first kappa shape index (κ1) is 14.6. The zero-order valence-electron chi connectivity index (χ0n) is 11.3. The van der Waals surface area contributed by atoms with Gasteiger partial charge in [-0.3, -0.25) is 0 Å². The molecule has 3 rings (SSSR count). The minimum atomic E-state index is 0.716. The molecule has 0 saturated heterocycles. The van der Waals surface area contributed by atoms with E-state index >= 15 is 0 Å². The van der Waals surface area contributed by atoms with Gasteiger partial charge in [0, 0.05) is 21.2 Å². The fraction of sp³-hybridized carbons (Fsp3) is 0.0588. The molecule has 0 radical (unpaired) electrons. The van der Waals surface area contributed by atoms with Crippen molar-refractivity contribution >= 4 is 35.0 Å². The summed E-state index contributed by atoms with van der Waals surface area (Å²) in [5, 5.41) is 1.43. The molecule has 0 aliphatic rings. The summed E-state index contributed by atoms with van der Waals surface area (Å²) in [6, 6.07) is 17.3. The highest BCUT2D eigenvalue weighted by Gasteiger charge is 2.13. The average molecular weight is 335 g/mol. The number of rotatable bonds is 3. The lowest BCUT2D eigenvalue weighted by Gasteiger charge is -2.00. The van der Waals surface area contributed by atoms with Gasteiger partial charge in [-0.1, -0.05) is 23.2 Å². The van der Waals surface area contributed by atoms with Crippen molar-refractivity contribution in [2.45, 2.75) is 4.90 Å². The molecule has 0 spiro atoms. The summed E-state index contributed by atoms with van der Waals surface area (Å²) in [7, 11) is 0. The molecule has 4 heteroatoms. The lowest BCUT2D eigenvalue weighted by atomic mass is 10.1. The van der Waals surface area contributed by atoms with Gasteiger partial charge >= 0.3 is 0 Å². The van der Waals surface area contributed by atoms with Crippen molar-refractivity contribution in [3.8, 4) is 22.6 Å². The quantitative estimate of drug-likeness (QED) is 0.498. The van der Waals surface area contributed by atoms with Gasteiger partial charge < -0.3 is 4.42 Å². The van der Waals surface area contributed by atoms with Crippen LogP contribution in [0.1, 0.15) is 0 Å². The van der Waals surface area contributed by atoms with Crippen LogP contribution in [0, 0.1) is 0 Å². The second-order valence-electron chi connectivity index (χ2n) is 4.52. The average Bonchev–Trinajstić information content (AvgIpc) is 2.93. The topological polar surface area (TPSA) is 13.1 Å². The highest BCUT2D eigenvalue weighted by atomic mass is 35.5. The Kier molecular flexibility index (Phi) is 4.29. The van der Waals surface area contributed by atoms with E-state index in [0.717, 1.165) is 27.5 Å². The predicted molar refractivity (Wildman–Crippen MR) is 91.4 cm³/mol. The summed E-state index contributed by atoms with van der Waals surface area (Å²) in [4.78, 5) is 1.10. The Labute approximate surface area is 137 Å². The van der Waals surface area contributed by atoms with Gasteiger partial charge in [-0.2, -0.15) is 0 Å². The van der Waals surface area contributed by atoms with E-state index < -0.39 is 0 Å². The van der Waals surface area contributed by atoms with Gasteiger partial charge in [0.15, 0.2) is 0 Å². The van der Waals surface area contributed by atoms with Crippen LogP contribution in [0.4, 0.5) is 0 Å². The molecule has 1 nitrogen and oxygen atoms in total. The summed E-state index contributed by atoms with van der Waals surface area (Å²) >= 11 is 13.5. The summed E-state index contributed by atoms with van der Waals surface area (Å²) in [6.07, 6.45) is 2.04. The lowest BCUT2D eigenvalue weighted by molar-refractivity contribution is 0.592. The van der Waals surface area contributed by atoms with Gasteiger partial charge in [0.1, 0.15) is 11.5 Å². The van der Waals surface area contributed by atoms with Gasteiger partial charge in [0.2, 0.25) is 0 Å². The van der Waals surface area contributed by atoms with Crippen LogP contribution in [-0.4, -0.2) is 6.26 Å². The van der Waals surface area contributed by atoms with E-state index in [1.54, 1.807) is 11.8 Å². The van der Waals surface area contributed by atoms with E-state index in [1.165, 1.54) is 0 Å². The second kappa shape index (κ2) is 6.18. The number of hydrogen-bond acceptors (Lipinski definition) is 2. The van der Waals surface area contributed by atoms with E-state index in [9.17, 15) is 0 Å². The molecule has 0 aliphatic carbocycles. The zero-order chi connectivity index (χ0) is 14.8. The Morgan fingerprint density at radius 3 is 1.86 bits per heavy atom. The minimum absolute atomic E-state index is 0.716. The number of thioether (sulfide) groups is 1. The van der Waals surface area contributed by atoms with Crippen molar-refractivity contribution < 1.29 is 4.42 Å². The fourth-order valence-electron chi connectivity index (χ4n) is 2.08. The third-order valence-electron chi connectivity index (χ3n) is 3.15. The molecule has 1 heterocycles. The molecule has 106 valence electrons. The second-order valence-corrected chi connectivity index (χ2v) is 6.24. The summed E-state index contributed by atoms with van der Waals surface area (Å²) in [5.41, 5.74) is 2.03. The largest absolute Gasteiger partial charge is 0.455 e. The molecule has 21 heavy (non-hydrogen) atoms. The van der Waals surface area contributed by atoms with Crippen LogP contribution in [0.5, 0.6) is 0 Å². The maximum absolute atomic E-state index is 6.05. The Bertz CT molecular complexity index is 745. The first-order valence-corrected chi connectivity index (χ1v) is 8.35. The van der Waals surface area contributed by atoms with E-state index in [0.29, 0.717) is 10.0 Å². The summed E-state index contributed by atoms with van der Waals surface area (Å²) in [5.74, 6) is 1.70. The highest BCUT2D eigenvalue weighted by Crippen LogP contribution is 2.37. The van der Waals surface area contributed by atoms with E-state index in [-0.39, 0.29) is 0 Å². The van der Waals surface area contributed by atoms with E-state index in [1.807, 2.05) is 54.8 Å². The molecule has 0 unspecified atom stereocenters. The first-order valence-electron chi connectivity index (χ1n) is 6.37. The Hall–Kier alpha value is -1.35. The summed E-state index contributed by atoms with van der Waals surface area (Å²) < 4.78 is 6.05. The van der Waals surface area contributed by atoms with Crippen LogP contribution in [0.2, 0.25) is 10.0 Å². The molecule has 0 N–H and O–H groups in total. The van der Waals surface area contributed by atoms with E-state index in [4.69, 9.17) is 27.6 Å². The van der Waals surface area contributed by atoms with Crippen molar-refractivity contribution in [3.05, 3.63) is 64.6 Å². The molecule has 3 aromatic rings. The SMILES string of the molecule is CSc1cc(-c2ccc(Cl)cc2)oc1-c1ccc(Cl)cc1. The van der Waals surface area contributed by atoms with Crippen LogP contribution in [0.25, 0.3) is 22.6 Å². The number of benzene rings is 2. The molecule has 0 bridgehead atoms. The van der Waals surface area contributed by atoms with Crippen LogP contribution in [0.3, 0.4) is 0 Å². The molecule has 2 aromatic carbocycles. The normalized spacial score (nSPS) is 10.8. The van der Waals surface area contributed by atoms with Gasteiger partial charge in [-0.15, -0.1) is 11.8 Å². The zero-order valence-corrected chi connectivity index (χ0v) is 13.6. The van der Waals surface area contributed by atoms with Crippen LogP contribution in [0.15, 0.2) is 63.9 Å². The summed E-state index contributed by atoms with van der Waals surface area (Å²) in [6.45, 7) is 0. The Morgan fingerprint density at radius 1 is 0.810 bits per heavy atom. The molecule has 0 aliphatic heterocycles. The van der Waals surface area contributed by atoms with Crippen molar-refractivity contribution in [3.63, 3.8) is 0 Å². The lowest BCUT2D eigenvalue weighted by Crippen LogP contribution is -1.75. The van der Waals surface area contributed by atoms with Crippen molar-refractivity contribution in [1.82, 2.24) is 0 Å². The molecule has 0 saturated carbocycles. The van der Waals surface area contributed by atoms with Crippen LogP contribution < -0.4 is 0 Å². The maximum atomic E-state index is 6.05. The van der Waals surface area contributed by atoms with Gasteiger partial charge in [0.05, 0.1) is 4.90 Å². The number of halogens is 2. The Morgan fingerprint density at radius 2 is 1.33 bits per heavy atom. The third kappa shape index (κ3) is 3.13. The minimum Gasteiger partial charge on any atom is -0.455 e. The van der Waals surface area contributed by atoms with Crippen molar-refractivity contribution in [1.29, 1.82) is 0 Å². The fourth-order valence-corrected chi connectivity index (χ4v) is 2.91. The first-order chi connectivity index (χ1) is 10.2. The molecule has 0 fully saturated rings. The van der Waals surface area contributed by atoms with Crippen LogP contribution in [-0.2, 0) is 0 Å². The molecular weight excluding hydrogens is 323 g/mol. The predicted octanol–water partition coefficient (Wildman–Crippen LogP) is 6.64. The van der Waals surface area contributed by atoms with Crippen LogP contribution >= 0.6 is 35.0 Å². The maximum Gasteiger partial charge on any atom is 0.148 e. The van der Waals surface area contributed by atoms with Crippen molar-refractivity contribution in [2.75, 3.05) is 6.26 Å². The van der Waals surface area contributed by atoms with Gasteiger partial charge in [-0.05, 0) is 60.9 Å². The molecular formula is C17H12Cl2OS. The number of furan rings is 1.